The van der Waals surface area contributed by atoms with Crippen LogP contribution in [0, 0.1) is 45.6 Å². The second-order valence-corrected chi connectivity index (χ2v) is 32.2. The summed E-state index contributed by atoms with van der Waals surface area (Å²) in [5.74, 6) is 6.98. The first kappa shape index (κ1) is 49.7. The minimum atomic E-state index is -2.20. The first-order valence-electron chi connectivity index (χ1n) is 25.7. The number of halogens is 1. The van der Waals surface area contributed by atoms with Gasteiger partial charge in [-0.15, -0.1) is 12.1 Å². The normalized spacial score (nSPS) is 13.1. The van der Waals surface area contributed by atoms with Crippen molar-refractivity contribution in [2.75, 3.05) is 0 Å². The number of hydrogen-bond acceptors (Lipinski definition) is 3. The number of aryl methyl sites for hydroxylation is 4. The van der Waals surface area contributed by atoms with Gasteiger partial charge in [-0.2, -0.15) is 11.3 Å². The van der Waals surface area contributed by atoms with Gasteiger partial charge in [0.2, 0.25) is 0 Å². The predicted octanol–water partition coefficient (Wildman–Crippen LogP) is 18.2. The van der Waals surface area contributed by atoms with Crippen molar-refractivity contribution in [3.05, 3.63) is 227 Å². The van der Waals surface area contributed by atoms with Gasteiger partial charge in [0.1, 0.15) is 0 Å². The summed E-state index contributed by atoms with van der Waals surface area (Å²) in [7, 11) is 0. The average molecular weight is 1220 g/mol. The summed E-state index contributed by atoms with van der Waals surface area (Å²) in [5, 5.41) is 6.45. The van der Waals surface area contributed by atoms with Crippen LogP contribution < -0.4 is 4.40 Å². The predicted molar refractivity (Wildman–Crippen MR) is 312 cm³/mol. The first-order valence-corrected chi connectivity index (χ1v) is 33.3. The second-order valence-electron chi connectivity index (χ2n) is 20.5. The van der Waals surface area contributed by atoms with Gasteiger partial charge in [0.15, 0.2) is 0 Å². The fraction of sp³-hybridized carbons (Fsp3) is 0.164. The van der Waals surface area contributed by atoms with Crippen molar-refractivity contribution < 1.29 is 25.9 Å². The number of nitrogens with zero attached hydrogens (tertiary/aromatic N) is 3. The van der Waals surface area contributed by atoms with Gasteiger partial charge in [-0.25, -0.2) is 0 Å². The molecule has 0 aliphatic heterocycles. The zero-order valence-corrected chi connectivity index (χ0v) is 48.6. The van der Waals surface area contributed by atoms with Crippen LogP contribution in [0.4, 0.5) is 4.39 Å². The Balaban J connectivity index is 0.000000196. The van der Waals surface area contributed by atoms with Crippen LogP contribution in [-0.4, -0.2) is 27.8 Å². The van der Waals surface area contributed by atoms with E-state index in [0.717, 1.165) is 70.8 Å². The summed E-state index contributed by atoms with van der Waals surface area (Å²) in [4.78, 5) is 10.2. The molecule has 0 amide bonds. The van der Waals surface area contributed by atoms with E-state index in [0.29, 0.717) is 5.39 Å². The zero-order chi connectivity index (χ0) is 51.6. The van der Waals surface area contributed by atoms with E-state index in [1.54, 1.807) is 11.3 Å². The Bertz CT molecular complexity index is 4080. The third-order valence-electron chi connectivity index (χ3n) is 14.9. The fourth-order valence-corrected chi connectivity index (χ4v) is 15.2. The van der Waals surface area contributed by atoms with Gasteiger partial charge < -0.3 is 4.57 Å². The van der Waals surface area contributed by atoms with E-state index in [1.807, 2.05) is 60.8 Å². The molecular formula is C67H58FGeIrN3S-2. The number of pyridine rings is 1. The Morgan fingerprint density at radius 2 is 1.30 bits per heavy atom. The first-order chi connectivity index (χ1) is 35.6. The molecule has 0 spiro atoms. The maximum absolute atomic E-state index is 15.6. The largest absolute Gasteiger partial charge is 0 e. The Hall–Kier alpha value is -6.54. The van der Waals surface area contributed by atoms with Crippen molar-refractivity contribution >= 4 is 81.7 Å². The summed E-state index contributed by atoms with van der Waals surface area (Å²) in [6, 6.07) is 64.8. The molecule has 2 atom stereocenters. The van der Waals surface area contributed by atoms with Crippen LogP contribution in [0.25, 0.3) is 92.2 Å². The summed E-state index contributed by atoms with van der Waals surface area (Å²) in [6.07, 6.45) is 2.04. The van der Waals surface area contributed by atoms with Gasteiger partial charge >= 0.3 is 162 Å². The molecule has 2 unspecified atom stereocenters. The number of hydrogen-bond donors (Lipinski definition) is 0. The monoisotopic (exact) mass is 1220 g/mol. The minimum Gasteiger partial charge on any atom is 0 e. The van der Waals surface area contributed by atoms with Crippen molar-refractivity contribution in [1.82, 2.24) is 14.5 Å². The molecule has 74 heavy (non-hydrogen) atoms. The van der Waals surface area contributed by atoms with E-state index in [1.165, 1.54) is 59.8 Å². The van der Waals surface area contributed by atoms with Crippen LogP contribution in [0.2, 0.25) is 17.3 Å². The van der Waals surface area contributed by atoms with Crippen molar-refractivity contribution in [2.24, 2.45) is 0 Å². The van der Waals surface area contributed by atoms with Crippen LogP contribution in [0.5, 0.6) is 0 Å². The number of imidazole rings is 1. The molecule has 12 rings (SSSR count). The van der Waals surface area contributed by atoms with E-state index in [9.17, 15) is 1.37 Å². The van der Waals surface area contributed by atoms with Crippen LogP contribution in [0.3, 0.4) is 0 Å². The van der Waals surface area contributed by atoms with Crippen molar-refractivity contribution in [3.8, 4) is 39.5 Å². The molecule has 0 saturated carbocycles. The molecule has 1 radical (unpaired) electrons. The summed E-state index contributed by atoms with van der Waals surface area (Å²) in [6.45, 7) is 13.0. The van der Waals surface area contributed by atoms with Gasteiger partial charge in [-0.1, -0.05) is 78.4 Å². The van der Waals surface area contributed by atoms with Gasteiger partial charge in [0.25, 0.3) is 0 Å². The van der Waals surface area contributed by atoms with Crippen LogP contribution in [0.1, 0.15) is 60.4 Å². The Morgan fingerprint density at radius 1 is 0.662 bits per heavy atom. The maximum Gasteiger partial charge on any atom is 0 e. The minimum absolute atomic E-state index is 0. The second kappa shape index (κ2) is 20.6. The smallest absolute Gasteiger partial charge is 0 e. The fourth-order valence-electron chi connectivity index (χ4n) is 10.8. The molecule has 369 valence electrons. The maximum atomic E-state index is 15.6. The van der Waals surface area contributed by atoms with E-state index in [-0.39, 0.29) is 31.8 Å². The van der Waals surface area contributed by atoms with Crippen molar-refractivity contribution in [2.45, 2.75) is 70.6 Å². The van der Waals surface area contributed by atoms with E-state index in [4.69, 9.17) is 9.97 Å². The molecule has 7 heteroatoms. The van der Waals surface area contributed by atoms with Gasteiger partial charge in [0.05, 0.1) is 16.9 Å². The topological polar surface area (TPSA) is 30.7 Å². The molecule has 0 aliphatic rings. The third kappa shape index (κ3) is 9.25. The van der Waals surface area contributed by atoms with Crippen LogP contribution in [0.15, 0.2) is 176 Å². The number of thiophene rings is 1. The number of fused-ring (bicyclic) bond motifs is 7. The summed E-state index contributed by atoms with van der Waals surface area (Å²) >= 11 is -0.596. The Labute approximate surface area is 456 Å². The van der Waals surface area contributed by atoms with Crippen LogP contribution >= 0.6 is 11.3 Å². The number of aromatic nitrogens is 3. The van der Waals surface area contributed by atoms with Gasteiger partial charge in [-0.05, 0) is 128 Å². The zero-order valence-electron chi connectivity index (χ0n) is 44.3. The van der Waals surface area contributed by atoms with E-state index < -0.39 is 19.2 Å². The standard InChI is InChI=1S/C43H30FN2S.C24H28GeN.Ir/c1-24-20-29(28-12-6-5-7-13-28)21-25(2)41(24)46-38-23-34-27(4)26(3)30-14-8-9-15-31(30)35(34)22-37(38)45-43(46)33-18-19-36(44)40-32-16-10-11-17-39(32)47-42(33)40;1-18(20-12-8-6-9-13-20)19(2)22-16-24(21-14-10-7-11-15-21)26-17-23(22)25(3,4)5;/h5-17,19-23H,1-4H3;6-14,16-19H,1-5H3;/q2*-1;/i;19D;. The van der Waals surface area contributed by atoms with E-state index in [2.05, 4.69) is 185 Å². The van der Waals surface area contributed by atoms with Crippen molar-refractivity contribution in [1.29, 1.82) is 0 Å². The van der Waals surface area contributed by atoms with Crippen molar-refractivity contribution in [3.63, 3.8) is 0 Å². The molecule has 0 aliphatic carbocycles. The number of rotatable bonds is 8. The molecule has 9 aromatic carbocycles. The quantitative estimate of drug-likeness (QED) is 0.0862. The molecule has 3 nitrogen and oxygen atoms in total. The Kier molecular flexibility index (Phi) is 13.9. The molecule has 0 saturated heterocycles. The SMILES string of the molecule is Cc1cc(-c2ccccc2)cc(C)c1-n1c(-c2[c-]cc(F)c3c2sc2ccccc23)nc2cc3c(cc21)c(C)c(C)c1ccccc13.[2H]C(C)(c1cc(-c2[c-]cccc2)nc[c]1[Ge]([CH3])([CH3])[CH3])C(C)c1ccccc1.[Ir]. The molecule has 3 aromatic heterocycles. The van der Waals surface area contributed by atoms with Crippen LogP contribution in [-0.2, 0) is 20.1 Å². The molecule has 0 fully saturated rings. The molecule has 0 N–H and O–H groups in total. The molecule has 3 heterocycles. The third-order valence-corrected chi connectivity index (χ3v) is 20.3. The molecule has 12 aromatic rings. The number of benzene rings is 9. The van der Waals surface area contributed by atoms with Gasteiger partial charge in [-0.3, -0.25) is 9.37 Å². The van der Waals surface area contributed by atoms with Gasteiger partial charge in [0, 0.05) is 36.3 Å². The van der Waals surface area contributed by atoms with E-state index >= 15 is 4.39 Å². The summed E-state index contributed by atoms with van der Waals surface area (Å²) in [5.41, 5.74) is 15.2. The molecule has 0 bridgehead atoms. The average Bonchev–Trinajstić information content (AvgIpc) is 3.99. The molecular weight excluding hydrogens is 1160 g/mol. The Morgan fingerprint density at radius 3 is 1.99 bits per heavy atom. The summed E-state index contributed by atoms with van der Waals surface area (Å²) < 4.78 is 30.5.